The zero-order chi connectivity index (χ0) is 16.6. The first-order chi connectivity index (χ1) is 10.2. The van der Waals surface area contributed by atoms with Gasteiger partial charge in [-0.25, -0.2) is 0 Å². The first kappa shape index (κ1) is 15.7. The van der Waals surface area contributed by atoms with Gasteiger partial charge in [-0.1, -0.05) is 11.6 Å². The van der Waals surface area contributed by atoms with Crippen molar-refractivity contribution in [3.05, 3.63) is 34.9 Å². The maximum atomic E-state index is 12.4. The zero-order valence-electron chi connectivity index (χ0n) is 12.5. The molecule has 1 unspecified atom stereocenters. The minimum Gasteiger partial charge on any atom is -0.480 e. The number of likely N-dealkylation sites (N-methyl/N-ethyl adjacent to an activating group) is 1. The van der Waals surface area contributed by atoms with E-state index in [4.69, 9.17) is 5.11 Å². The van der Waals surface area contributed by atoms with E-state index in [0.29, 0.717) is 0 Å². The smallest absolute Gasteiger partial charge is 0.323 e. The number of benzene rings is 1. The first-order valence-corrected chi connectivity index (χ1v) is 6.69. The molecule has 0 aliphatic carbocycles. The topological polar surface area (TPSA) is 95.0 Å². The van der Waals surface area contributed by atoms with Crippen LogP contribution in [0.3, 0.4) is 0 Å². The molecule has 1 atom stereocenters. The Hall–Kier alpha value is -2.70. The van der Waals surface area contributed by atoms with Crippen LogP contribution in [0.2, 0.25) is 0 Å². The van der Waals surface area contributed by atoms with Gasteiger partial charge in [0.15, 0.2) is 0 Å². The third kappa shape index (κ3) is 2.57. The van der Waals surface area contributed by atoms with Gasteiger partial charge in [-0.15, -0.1) is 0 Å². The maximum absolute atomic E-state index is 12.4. The van der Waals surface area contributed by atoms with Crippen molar-refractivity contribution in [3.8, 4) is 0 Å². The Morgan fingerprint density at radius 2 is 1.82 bits per heavy atom. The van der Waals surface area contributed by atoms with Crippen molar-refractivity contribution < 1.29 is 24.3 Å². The van der Waals surface area contributed by atoms with Crippen molar-refractivity contribution in [1.29, 1.82) is 0 Å². The summed E-state index contributed by atoms with van der Waals surface area (Å²) in [6.07, 6.45) is 0. The minimum atomic E-state index is -1.17. The van der Waals surface area contributed by atoms with Gasteiger partial charge in [-0.2, -0.15) is 0 Å². The van der Waals surface area contributed by atoms with Crippen LogP contribution >= 0.6 is 0 Å². The fraction of sp³-hybridized carbons (Fsp3) is 0.333. The second-order valence-electron chi connectivity index (χ2n) is 5.29. The highest BCUT2D eigenvalue weighted by Crippen LogP contribution is 2.26. The van der Waals surface area contributed by atoms with Gasteiger partial charge in [-0.3, -0.25) is 24.1 Å². The minimum absolute atomic E-state index is 0.260. The molecule has 2 rings (SSSR count). The third-order valence-electron chi connectivity index (χ3n) is 3.57. The predicted molar refractivity (Wildman–Crippen MR) is 76.4 cm³/mol. The SMILES string of the molecule is Cc1ccc2c(c1)C(=O)N(C(C)C(=O)N(C)CC(=O)O)C2=O. The number of hydrogen-bond donors (Lipinski definition) is 1. The highest BCUT2D eigenvalue weighted by molar-refractivity contribution is 6.22. The van der Waals surface area contributed by atoms with Gasteiger partial charge < -0.3 is 10.0 Å². The summed E-state index contributed by atoms with van der Waals surface area (Å²) in [5, 5.41) is 8.72. The van der Waals surface area contributed by atoms with E-state index in [0.717, 1.165) is 15.4 Å². The molecule has 0 saturated carbocycles. The average molecular weight is 304 g/mol. The molecule has 116 valence electrons. The van der Waals surface area contributed by atoms with Crippen LogP contribution in [0.25, 0.3) is 0 Å². The van der Waals surface area contributed by atoms with E-state index < -0.39 is 36.3 Å². The van der Waals surface area contributed by atoms with Crippen LogP contribution in [0.1, 0.15) is 33.2 Å². The largest absolute Gasteiger partial charge is 0.480 e. The summed E-state index contributed by atoms with van der Waals surface area (Å²) in [6, 6.07) is 3.82. The van der Waals surface area contributed by atoms with Gasteiger partial charge in [0.25, 0.3) is 11.8 Å². The Morgan fingerprint density at radius 3 is 2.41 bits per heavy atom. The van der Waals surface area contributed by atoms with Gasteiger partial charge >= 0.3 is 5.97 Å². The predicted octanol–water partition coefficient (Wildman–Crippen LogP) is 0.523. The molecule has 7 heteroatoms. The summed E-state index contributed by atoms with van der Waals surface area (Å²) in [7, 11) is 1.31. The Labute approximate surface area is 127 Å². The Bertz CT molecular complexity index is 683. The average Bonchev–Trinajstić information content (AvgIpc) is 2.68. The lowest BCUT2D eigenvalue weighted by atomic mass is 10.1. The molecule has 0 saturated heterocycles. The first-order valence-electron chi connectivity index (χ1n) is 6.69. The Balaban J connectivity index is 2.27. The molecule has 1 heterocycles. The van der Waals surface area contributed by atoms with Crippen LogP contribution in [0, 0.1) is 6.92 Å². The summed E-state index contributed by atoms with van der Waals surface area (Å²) >= 11 is 0. The highest BCUT2D eigenvalue weighted by Gasteiger charge is 2.41. The number of imide groups is 1. The summed E-state index contributed by atoms with van der Waals surface area (Å²) < 4.78 is 0. The van der Waals surface area contributed by atoms with E-state index in [1.165, 1.54) is 14.0 Å². The molecule has 0 aromatic heterocycles. The zero-order valence-corrected chi connectivity index (χ0v) is 12.5. The molecule has 1 aromatic carbocycles. The molecule has 0 spiro atoms. The van der Waals surface area contributed by atoms with Crippen molar-refractivity contribution in [1.82, 2.24) is 9.80 Å². The van der Waals surface area contributed by atoms with Gasteiger partial charge in [0.05, 0.1) is 11.1 Å². The van der Waals surface area contributed by atoms with Gasteiger partial charge in [0, 0.05) is 7.05 Å². The molecule has 1 N–H and O–H groups in total. The van der Waals surface area contributed by atoms with E-state index in [9.17, 15) is 19.2 Å². The van der Waals surface area contributed by atoms with Gasteiger partial charge in [0.1, 0.15) is 12.6 Å². The maximum Gasteiger partial charge on any atom is 0.323 e. The normalized spacial score (nSPS) is 14.8. The van der Waals surface area contributed by atoms with Gasteiger partial charge in [0.2, 0.25) is 5.91 Å². The monoisotopic (exact) mass is 304 g/mol. The molecule has 0 radical (unpaired) electrons. The molecule has 1 aromatic rings. The van der Waals surface area contributed by atoms with E-state index >= 15 is 0 Å². The van der Waals surface area contributed by atoms with E-state index in [2.05, 4.69) is 0 Å². The van der Waals surface area contributed by atoms with E-state index in [1.807, 2.05) is 0 Å². The van der Waals surface area contributed by atoms with Crippen LogP contribution in [-0.2, 0) is 9.59 Å². The summed E-state index contributed by atoms with van der Waals surface area (Å²) in [4.78, 5) is 49.4. The number of carboxylic acid groups (broad SMARTS) is 1. The molecule has 1 aliphatic rings. The molecule has 22 heavy (non-hydrogen) atoms. The molecular formula is C15H16N2O5. The number of amides is 3. The number of carbonyl (C=O) groups is 4. The molecular weight excluding hydrogens is 288 g/mol. The van der Waals surface area contributed by atoms with Crippen molar-refractivity contribution in [3.63, 3.8) is 0 Å². The van der Waals surface area contributed by atoms with Crippen LogP contribution in [-0.4, -0.2) is 58.2 Å². The summed E-state index contributed by atoms with van der Waals surface area (Å²) in [6.45, 7) is 2.72. The second-order valence-corrected chi connectivity index (χ2v) is 5.29. The standard InChI is InChI=1S/C15H16N2O5/c1-8-4-5-10-11(6-8)15(22)17(14(10)21)9(2)13(20)16(3)7-12(18)19/h4-6,9H,7H2,1-3H3,(H,18,19). The van der Waals surface area contributed by atoms with Crippen LogP contribution in [0.5, 0.6) is 0 Å². The number of nitrogens with zero attached hydrogens (tertiary/aromatic N) is 2. The van der Waals surface area contributed by atoms with Crippen molar-refractivity contribution in [2.45, 2.75) is 19.9 Å². The number of hydrogen-bond acceptors (Lipinski definition) is 4. The summed E-state index contributed by atoms with van der Waals surface area (Å²) in [5.74, 6) is -2.84. The number of fused-ring (bicyclic) bond motifs is 1. The Kier molecular flexibility index (Phi) is 3.99. The Morgan fingerprint density at radius 1 is 1.23 bits per heavy atom. The van der Waals surface area contributed by atoms with Crippen molar-refractivity contribution >= 4 is 23.7 Å². The highest BCUT2D eigenvalue weighted by atomic mass is 16.4. The van der Waals surface area contributed by atoms with Crippen LogP contribution in [0.4, 0.5) is 0 Å². The molecule has 1 aliphatic heterocycles. The summed E-state index contributed by atoms with van der Waals surface area (Å²) in [5.41, 5.74) is 1.37. The number of aliphatic carboxylic acids is 1. The lowest BCUT2D eigenvalue weighted by molar-refractivity contribution is -0.144. The lowest BCUT2D eigenvalue weighted by Gasteiger charge is -2.25. The van der Waals surface area contributed by atoms with Gasteiger partial charge in [-0.05, 0) is 26.0 Å². The molecule has 0 bridgehead atoms. The van der Waals surface area contributed by atoms with Crippen LogP contribution < -0.4 is 0 Å². The quantitative estimate of drug-likeness (QED) is 0.818. The lowest BCUT2D eigenvalue weighted by Crippen LogP contribution is -2.49. The number of carbonyl (C=O) groups excluding carboxylic acids is 3. The van der Waals surface area contributed by atoms with Crippen LogP contribution in [0.15, 0.2) is 18.2 Å². The fourth-order valence-corrected chi connectivity index (χ4v) is 2.44. The van der Waals surface area contributed by atoms with E-state index in [-0.39, 0.29) is 11.1 Å². The molecule has 0 fully saturated rings. The van der Waals surface area contributed by atoms with Crippen molar-refractivity contribution in [2.75, 3.05) is 13.6 Å². The number of aryl methyl sites for hydroxylation is 1. The molecule has 3 amide bonds. The number of rotatable bonds is 4. The molecule has 7 nitrogen and oxygen atoms in total. The second kappa shape index (κ2) is 5.59. The fourth-order valence-electron chi connectivity index (χ4n) is 2.44. The number of carboxylic acids is 1. The van der Waals surface area contributed by atoms with Crippen molar-refractivity contribution in [2.24, 2.45) is 0 Å². The third-order valence-corrected chi connectivity index (χ3v) is 3.57. The van der Waals surface area contributed by atoms with E-state index in [1.54, 1.807) is 25.1 Å².